The predicted octanol–water partition coefficient (Wildman–Crippen LogP) is 3.10. The van der Waals surface area contributed by atoms with Crippen molar-refractivity contribution in [1.82, 2.24) is 5.32 Å². The van der Waals surface area contributed by atoms with E-state index in [1.807, 2.05) is 26.0 Å². The van der Waals surface area contributed by atoms with Gasteiger partial charge in [0.25, 0.3) is 0 Å². The number of benzene rings is 1. The van der Waals surface area contributed by atoms with E-state index in [1.165, 1.54) is 11.3 Å². The van der Waals surface area contributed by atoms with Gasteiger partial charge in [-0.15, -0.1) is 11.3 Å². The molecule has 0 fully saturated rings. The lowest BCUT2D eigenvalue weighted by atomic mass is 10.0. The largest absolute Gasteiger partial charge is 0.312 e. The number of sulfone groups is 1. The first kappa shape index (κ1) is 15.2. The zero-order valence-electron chi connectivity index (χ0n) is 11.9. The van der Waals surface area contributed by atoms with Gasteiger partial charge in [-0.05, 0) is 37.9 Å². The van der Waals surface area contributed by atoms with Crippen molar-refractivity contribution < 1.29 is 8.42 Å². The minimum absolute atomic E-state index is 0.0763. The maximum absolute atomic E-state index is 12.4. The second kappa shape index (κ2) is 6.08. The molecule has 1 heterocycles. The Hall–Kier alpha value is -1.17. The van der Waals surface area contributed by atoms with E-state index in [0.717, 1.165) is 16.7 Å². The summed E-state index contributed by atoms with van der Waals surface area (Å²) in [7, 11) is -1.45. The molecule has 108 valence electrons. The van der Waals surface area contributed by atoms with Crippen molar-refractivity contribution in [3.63, 3.8) is 0 Å². The standard InChI is InChI=1S/C15H19NO2S2/c1-11-7-12(2)9-13(8-11)14(16-3)10-20(17,18)15-5-4-6-19-15/h4-9,14,16H,10H2,1-3H3. The highest BCUT2D eigenvalue weighted by molar-refractivity contribution is 7.93. The number of hydrogen-bond donors (Lipinski definition) is 1. The Morgan fingerprint density at radius 1 is 1.20 bits per heavy atom. The van der Waals surface area contributed by atoms with Gasteiger partial charge in [0.2, 0.25) is 0 Å². The first-order valence-corrected chi connectivity index (χ1v) is 8.97. The predicted molar refractivity (Wildman–Crippen MR) is 84.1 cm³/mol. The van der Waals surface area contributed by atoms with Crippen LogP contribution in [0.3, 0.4) is 0 Å². The van der Waals surface area contributed by atoms with Gasteiger partial charge in [0.15, 0.2) is 9.84 Å². The third-order valence-electron chi connectivity index (χ3n) is 3.18. The SMILES string of the molecule is CNC(CS(=O)(=O)c1cccs1)c1cc(C)cc(C)c1. The highest BCUT2D eigenvalue weighted by atomic mass is 32.2. The third kappa shape index (κ3) is 3.48. The second-order valence-electron chi connectivity index (χ2n) is 4.98. The first-order chi connectivity index (χ1) is 9.42. The molecular formula is C15H19NO2S2. The van der Waals surface area contributed by atoms with Gasteiger partial charge in [0.1, 0.15) is 4.21 Å². The van der Waals surface area contributed by atoms with Crippen molar-refractivity contribution in [2.75, 3.05) is 12.8 Å². The van der Waals surface area contributed by atoms with Crippen molar-refractivity contribution in [3.8, 4) is 0 Å². The Morgan fingerprint density at radius 3 is 2.35 bits per heavy atom. The van der Waals surface area contributed by atoms with Gasteiger partial charge in [0, 0.05) is 6.04 Å². The van der Waals surface area contributed by atoms with Crippen LogP contribution in [0.15, 0.2) is 39.9 Å². The molecule has 0 aliphatic carbocycles. The fourth-order valence-electron chi connectivity index (χ4n) is 2.30. The maximum atomic E-state index is 12.4. The van der Waals surface area contributed by atoms with Crippen molar-refractivity contribution in [2.45, 2.75) is 24.1 Å². The van der Waals surface area contributed by atoms with Crippen LogP contribution in [0, 0.1) is 13.8 Å². The van der Waals surface area contributed by atoms with Gasteiger partial charge in [-0.1, -0.05) is 35.4 Å². The van der Waals surface area contributed by atoms with E-state index >= 15 is 0 Å². The van der Waals surface area contributed by atoms with E-state index in [2.05, 4.69) is 11.4 Å². The average molecular weight is 309 g/mol. The van der Waals surface area contributed by atoms with Crippen molar-refractivity contribution >= 4 is 21.2 Å². The summed E-state index contributed by atoms with van der Waals surface area (Å²) in [6, 6.07) is 9.40. The van der Waals surface area contributed by atoms with Crippen molar-refractivity contribution in [3.05, 3.63) is 52.4 Å². The molecular weight excluding hydrogens is 290 g/mol. The van der Waals surface area contributed by atoms with Gasteiger partial charge in [-0.2, -0.15) is 0 Å². The second-order valence-corrected chi connectivity index (χ2v) is 8.18. The summed E-state index contributed by atoms with van der Waals surface area (Å²) < 4.78 is 25.2. The molecule has 1 aromatic carbocycles. The molecule has 2 aromatic rings. The quantitative estimate of drug-likeness (QED) is 0.923. The number of rotatable bonds is 5. The molecule has 1 atom stereocenters. The summed E-state index contributed by atoms with van der Waals surface area (Å²) >= 11 is 1.27. The molecule has 0 spiro atoms. The van der Waals surface area contributed by atoms with Gasteiger partial charge >= 0.3 is 0 Å². The Kier molecular flexibility index (Phi) is 4.62. The van der Waals surface area contributed by atoms with E-state index < -0.39 is 9.84 Å². The number of aryl methyl sites for hydroxylation is 2. The molecule has 5 heteroatoms. The molecule has 0 bridgehead atoms. The molecule has 1 N–H and O–H groups in total. The molecule has 3 nitrogen and oxygen atoms in total. The summed E-state index contributed by atoms with van der Waals surface area (Å²) in [4.78, 5) is 0. The molecule has 0 saturated carbocycles. The van der Waals surface area contributed by atoms with Crippen LogP contribution in [-0.2, 0) is 9.84 Å². The topological polar surface area (TPSA) is 46.2 Å². The lowest BCUT2D eigenvalue weighted by Gasteiger charge is -2.17. The monoisotopic (exact) mass is 309 g/mol. The Labute approximate surface area is 124 Å². The van der Waals surface area contributed by atoms with Gasteiger partial charge in [-0.3, -0.25) is 0 Å². The van der Waals surface area contributed by atoms with Gasteiger partial charge in [0.05, 0.1) is 5.75 Å². The molecule has 20 heavy (non-hydrogen) atoms. The van der Waals surface area contributed by atoms with Crippen LogP contribution in [0.4, 0.5) is 0 Å². The third-order valence-corrected chi connectivity index (χ3v) is 6.42. The molecule has 1 aromatic heterocycles. The normalized spacial score (nSPS) is 13.3. The van der Waals surface area contributed by atoms with Crippen LogP contribution in [0.25, 0.3) is 0 Å². The number of hydrogen-bond acceptors (Lipinski definition) is 4. The van der Waals surface area contributed by atoms with Gasteiger partial charge in [-0.25, -0.2) is 8.42 Å². The van der Waals surface area contributed by atoms with Crippen LogP contribution in [0.5, 0.6) is 0 Å². The lowest BCUT2D eigenvalue weighted by molar-refractivity contribution is 0.576. The van der Waals surface area contributed by atoms with Crippen LogP contribution >= 0.6 is 11.3 Å². The Balaban J connectivity index is 2.30. The maximum Gasteiger partial charge on any atom is 0.189 e. The van der Waals surface area contributed by atoms with E-state index in [0.29, 0.717) is 4.21 Å². The van der Waals surface area contributed by atoms with E-state index in [9.17, 15) is 8.42 Å². The van der Waals surface area contributed by atoms with E-state index in [1.54, 1.807) is 24.6 Å². The first-order valence-electron chi connectivity index (χ1n) is 6.44. The molecule has 0 saturated heterocycles. The molecule has 1 unspecified atom stereocenters. The summed E-state index contributed by atoms with van der Waals surface area (Å²) in [5.41, 5.74) is 3.31. The molecule has 2 rings (SSSR count). The van der Waals surface area contributed by atoms with E-state index in [-0.39, 0.29) is 11.8 Å². The molecule has 0 aliphatic rings. The fourth-order valence-corrected chi connectivity index (χ4v) is 4.95. The Bertz CT molecular complexity index is 656. The lowest BCUT2D eigenvalue weighted by Crippen LogP contribution is -2.25. The smallest absolute Gasteiger partial charge is 0.189 e. The number of thiophene rings is 1. The van der Waals surface area contributed by atoms with E-state index in [4.69, 9.17) is 0 Å². The molecule has 0 aliphatic heterocycles. The minimum atomic E-state index is -3.25. The van der Waals surface area contributed by atoms with Crippen LogP contribution in [0.1, 0.15) is 22.7 Å². The Morgan fingerprint density at radius 2 is 1.85 bits per heavy atom. The summed E-state index contributed by atoms with van der Waals surface area (Å²) in [5, 5.41) is 4.91. The molecule has 0 radical (unpaired) electrons. The highest BCUT2D eigenvalue weighted by Crippen LogP contribution is 2.24. The van der Waals surface area contributed by atoms with Gasteiger partial charge < -0.3 is 5.32 Å². The average Bonchev–Trinajstić information content (AvgIpc) is 2.89. The number of nitrogens with one attached hydrogen (secondary N) is 1. The van der Waals surface area contributed by atoms with Crippen molar-refractivity contribution in [1.29, 1.82) is 0 Å². The van der Waals surface area contributed by atoms with Crippen LogP contribution in [0.2, 0.25) is 0 Å². The van der Waals surface area contributed by atoms with Crippen LogP contribution < -0.4 is 5.32 Å². The summed E-state index contributed by atoms with van der Waals surface area (Å²) in [6.45, 7) is 4.05. The molecule has 0 amide bonds. The summed E-state index contributed by atoms with van der Waals surface area (Å²) in [6.07, 6.45) is 0. The van der Waals surface area contributed by atoms with Crippen molar-refractivity contribution in [2.24, 2.45) is 0 Å². The summed E-state index contributed by atoms with van der Waals surface area (Å²) in [5.74, 6) is 0.0763. The highest BCUT2D eigenvalue weighted by Gasteiger charge is 2.22. The zero-order valence-corrected chi connectivity index (χ0v) is 13.5. The fraction of sp³-hybridized carbons (Fsp3) is 0.333. The van der Waals surface area contributed by atoms with Crippen LogP contribution in [-0.4, -0.2) is 21.2 Å². The zero-order chi connectivity index (χ0) is 14.8. The minimum Gasteiger partial charge on any atom is -0.312 e.